The van der Waals surface area contributed by atoms with E-state index in [9.17, 15) is 4.39 Å². The molecule has 1 N–H and O–H groups in total. The molecule has 1 unspecified atom stereocenters. The van der Waals surface area contributed by atoms with Crippen molar-refractivity contribution >= 4 is 0 Å². The van der Waals surface area contributed by atoms with E-state index < -0.39 is 0 Å². The molecule has 106 valence electrons. The number of rotatable bonds is 6. The number of halogens is 1. The average molecular weight is 271 g/mol. The lowest BCUT2D eigenvalue weighted by molar-refractivity contribution is 0.523. The molecule has 0 aliphatic heterocycles. The molecule has 0 aliphatic carbocycles. The second-order valence-corrected chi connectivity index (χ2v) is 5.21. The monoisotopic (exact) mass is 271 g/mol. The van der Waals surface area contributed by atoms with Crippen LogP contribution in [-0.4, -0.2) is 6.54 Å². The zero-order valence-corrected chi connectivity index (χ0v) is 12.2. The van der Waals surface area contributed by atoms with E-state index in [1.54, 1.807) is 13.0 Å². The van der Waals surface area contributed by atoms with Crippen LogP contribution in [0.3, 0.4) is 0 Å². The van der Waals surface area contributed by atoms with Crippen molar-refractivity contribution in [3.05, 3.63) is 71.0 Å². The lowest BCUT2D eigenvalue weighted by Crippen LogP contribution is -2.24. The van der Waals surface area contributed by atoms with E-state index in [-0.39, 0.29) is 11.9 Å². The number of benzene rings is 2. The van der Waals surface area contributed by atoms with Gasteiger partial charge in [-0.25, -0.2) is 4.39 Å². The van der Waals surface area contributed by atoms with Crippen molar-refractivity contribution in [2.75, 3.05) is 6.54 Å². The molecule has 0 bridgehead atoms. The Bertz CT molecular complexity index is 536. The topological polar surface area (TPSA) is 12.0 Å². The largest absolute Gasteiger partial charge is 0.310 e. The van der Waals surface area contributed by atoms with Crippen molar-refractivity contribution in [3.8, 4) is 0 Å². The van der Waals surface area contributed by atoms with Gasteiger partial charge in [0.1, 0.15) is 5.82 Å². The van der Waals surface area contributed by atoms with E-state index in [1.807, 2.05) is 30.3 Å². The van der Waals surface area contributed by atoms with Gasteiger partial charge >= 0.3 is 0 Å². The van der Waals surface area contributed by atoms with Gasteiger partial charge in [0.2, 0.25) is 0 Å². The molecule has 2 aromatic rings. The second-order valence-electron chi connectivity index (χ2n) is 5.21. The third-order valence-corrected chi connectivity index (χ3v) is 3.52. The van der Waals surface area contributed by atoms with E-state index in [0.717, 1.165) is 24.9 Å². The fourth-order valence-corrected chi connectivity index (χ4v) is 2.30. The third-order valence-electron chi connectivity index (χ3n) is 3.52. The molecule has 0 radical (unpaired) electrons. The maximum absolute atomic E-state index is 13.8. The maximum atomic E-state index is 13.8. The maximum Gasteiger partial charge on any atom is 0.126 e. The van der Waals surface area contributed by atoms with Crippen LogP contribution in [0.5, 0.6) is 0 Å². The Hall–Kier alpha value is -1.67. The minimum Gasteiger partial charge on any atom is -0.310 e. The molecule has 0 aromatic heterocycles. The van der Waals surface area contributed by atoms with Crippen LogP contribution in [0.4, 0.5) is 4.39 Å². The van der Waals surface area contributed by atoms with Crippen molar-refractivity contribution in [1.29, 1.82) is 0 Å². The first kappa shape index (κ1) is 14.7. The van der Waals surface area contributed by atoms with Crippen LogP contribution in [0.25, 0.3) is 0 Å². The van der Waals surface area contributed by atoms with Gasteiger partial charge in [-0.2, -0.15) is 0 Å². The normalized spacial score (nSPS) is 12.3. The first-order valence-electron chi connectivity index (χ1n) is 7.24. The molecule has 0 saturated heterocycles. The molecule has 2 rings (SSSR count). The summed E-state index contributed by atoms with van der Waals surface area (Å²) in [6, 6.07) is 16.0. The highest BCUT2D eigenvalue weighted by molar-refractivity contribution is 5.28. The molecule has 1 nitrogen and oxygen atoms in total. The number of hydrogen-bond acceptors (Lipinski definition) is 1. The van der Waals surface area contributed by atoms with Crippen LogP contribution in [0.1, 0.15) is 36.1 Å². The molecular weight excluding hydrogens is 249 g/mol. The Balaban J connectivity index is 2.20. The number of aryl methyl sites for hydroxylation is 1. The Labute approximate surface area is 120 Å². The molecule has 1 atom stereocenters. The molecule has 2 aromatic carbocycles. The molecule has 2 heteroatoms. The molecule has 0 heterocycles. The molecule has 0 saturated carbocycles. The van der Waals surface area contributed by atoms with Crippen LogP contribution >= 0.6 is 0 Å². The lowest BCUT2D eigenvalue weighted by Gasteiger charge is -2.19. The molecule has 0 aliphatic rings. The van der Waals surface area contributed by atoms with Crippen LogP contribution in [0, 0.1) is 12.7 Å². The third kappa shape index (κ3) is 3.91. The molecule has 20 heavy (non-hydrogen) atoms. The Morgan fingerprint density at radius 2 is 1.85 bits per heavy atom. The van der Waals surface area contributed by atoms with Crippen molar-refractivity contribution < 1.29 is 4.39 Å². The fraction of sp³-hybridized carbons (Fsp3) is 0.333. The van der Waals surface area contributed by atoms with Crippen molar-refractivity contribution in [2.24, 2.45) is 0 Å². The summed E-state index contributed by atoms with van der Waals surface area (Å²) < 4.78 is 13.8. The fourth-order valence-electron chi connectivity index (χ4n) is 2.30. The Morgan fingerprint density at radius 1 is 1.10 bits per heavy atom. The van der Waals surface area contributed by atoms with E-state index in [2.05, 4.69) is 24.4 Å². The summed E-state index contributed by atoms with van der Waals surface area (Å²) in [5.41, 5.74) is 2.98. The minimum absolute atomic E-state index is 0.126. The first-order valence-corrected chi connectivity index (χ1v) is 7.24. The van der Waals surface area contributed by atoms with Crippen molar-refractivity contribution in [1.82, 2.24) is 5.32 Å². The highest BCUT2D eigenvalue weighted by Gasteiger charge is 2.13. The zero-order chi connectivity index (χ0) is 14.4. The summed E-state index contributed by atoms with van der Waals surface area (Å²) in [7, 11) is 0. The summed E-state index contributed by atoms with van der Waals surface area (Å²) in [5, 5.41) is 3.51. The molecule has 0 amide bonds. The number of nitrogens with one attached hydrogen (secondary N) is 1. The van der Waals surface area contributed by atoms with Gasteiger partial charge in [0.15, 0.2) is 0 Å². The van der Waals surface area contributed by atoms with E-state index in [0.29, 0.717) is 5.56 Å². The van der Waals surface area contributed by atoms with Gasteiger partial charge in [-0.05, 0) is 49.1 Å². The second kappa shape index (κ2) is 7.20. The standard InChI is InChI=1S/C18H22FN/c1-3-11-20-18(12-15-7-5-4-6-8-15)16-10-9-14(2)17(19)13-16/h4-10,13,18,20H,3,11-12H2,1-2H3. The van der Waals surface area contributed by atoms with Gasteiger partial charge in [-0.3, -0.25) is 0 Å². The Kier molecular flexibility index (Phi) is 5.31. The molecule has 0 fully saturated rings. The first-order chi connectivity index (χ1) is 9.70. The molecule has 0 spiro atoms. The molecular formula is C18H22FN. The zero-order valence-electron chi connectivity index (χ0n) is 12.2. The van der Waals surface area contributed by atoms with Crippen molar-refractivity contribution in [3.63, 3.8) is 0 Å². The Morgan fingerprint density at radius 3 is 2.50 bits per heavy atom. The highest BCUT2D eigenvalue weighted by atomic mass is 19.1. The van der Waals surface area contributed by atoms with Crippen molar-refractivity contribution in [2.45, 2.75) is 32.7 Å². The van der Waals surface area contributed by atoms with Gasteiger partial charge in [0.05, 0.1) is 0 Å². The van der Waals surface area contributed by atoms with Crippen LogP contribution in [0.2, 0.25) is 0 Å². The average Bonchev–Trinajstić information content (AvgIpc) is 2.47. The smallest absolute Gasteiger partial charge is 0.126 e. The van der Waals surface area contributed by atoms with E-state index in [4.69, 9.17) is 0 Å². The van der Waals surface area contributed by atoms with Gasteiger partial charge in [0.25, 0.3) is 0 Å². The summed E-state index contributed by atoms with van der Waals surface area (Å²) in [4.78, 5) is 0. The van der Waals surface area contributed by atoms with Gasteiger partial charge in [-0.15, -0.1) is 0 Å². The van der Waals surface area contributed by atoms with Gasteiger partial charge < -0.3 is 5.32 Å². The van der Waals surface area contributed by atoms with Crippen LogP contribution < -0.4 is 5.32 Å². The predicted octanol–water partition coefficient (Wildman–Crippen LogP) is 4.42. The van der Waals surface area contributed by atoms with Crippen LogP contribution in [0.15, 0.2) is 48.5 Å². The summed E-state index contributed by atoms with van der Waals surface area (Å²) >= 11 is 0. The van der Waals surface area contributed by atoms with Crippen LogP contribution in [-0.2, 0) is 6.42 Å². The predicted molar refractivity (Wildman–Crippen MR) is 82.3 cm³/mol. The number of hydrogen-bond donors (Lipinski definition) is 1. The lowest BCUT2D eigenvalue weighted by atomic mass is 9.97. The summed E-state index contributed by atoms with van der Waals surface area (Å²) in [5.74, 6) is -0.126. The summed E-state index contributed by atoms with van der Waals surface area (Å²) in [6.07, 6.45) is 1.95. The highest BCUT2D eigenvalue weighted by Crippen LogP contribution is 2.21. The SMILES string of the molecule is CCCNC(Cc1ccccc1)c1ccc(C)c(F)c1. The van der Waals surface area contributed by atoms with E-state index in [1.165, 1.54) is 5.56 Å². The minimum atomic E-state index is -0.126. The van der Waals surface area contributed by atoms with Gasteiger partial charge in [0, 0.05) is 6.04 Å². The quantitative estimate of drug-likeness (QED) is 0.820. The van der Waals surface area contributed by atoms with E-state index >= 15 is 0 Å². The van der Waals surface area contributed by atoms with Gasteiger partial charge in [-0.1, -0.05) is 49.4 Å². The summed E-state index contributed by atoms with van der Waals surface area (Å²) in [6.45, 7) is 4.88.